The van der Waals surface area contributed by atoms with Gasteiger partial charge < -0.3 is 14.1 Å². The fraction of sp³-hybridized carbons (Fsp3) is 0.429. The molecular weight excluding hydrogens is 388 g/mol. The fourth-order valence-corrected chi connectivity index (χ4v) is 4.51. The van der Waals surface area contributed by atoms with E-state index in [-0.39, 0.29) is 11.8 Å². The van der Waals surface area contributed by atoms with E-state index in [1.54, 1.807) is 14.0 Å². The molecule has 0 spiro atoms. The second kappa shape index (κ2) is 8.41. The number of thioether (sulfide) groups is 1. The topological polar surface area (TPSA) is 81.4 Å². The minimum Gasteiger partial charge on any atom is -0.496 e. The number of benzene rings is 1. The van der Waals surface area contributed by atoms with Crippen LogP contribution in [-0.2, 0) is 4.79 Å². The minimum absolute atomic E-state index is 0.0918. The first-order chi connectivity index (χ1) is 14.0. The summed E-state index contributed by atoms with van der Waals surface area (Å²) in [5.74, 6) is 2.01. The molecule has 1 saturated heterocycles. The number of aromatic nitrogens is 3. The predicted octanol–water partition coefficient (Wildman–Crippen LogP) is 3.74. The van der Waals surface area contributed by atoms with Gasteiger partial charge in [-0.2, -0.15) is 0 Å². The lowest BCUT2D eigenvalue weighted by atomic mass is 9.92. The number of amides is 1. The van der Waals surface area contributed by atoms with Crippen LogP contribution < -0.4 is 4.74 Å². The van der Waals surface area contributed by atoms with Crippen molar-refractivity contribution < 1.29 is 13.9 Å². The Balaban J connectivity index is 1.47. The zero-order valence-corrected chi connectivity index (χ0v) is 17.7. The molecule has 1 aliphatic rings. The maximum absolute atomic E-state index is 12.7. The summed E-state index contributed by atoms with van der Waals surface area (Å²) in [7, 11) is 1.69. The molecule has 1 aliphatic heterocycles. The molecule has 152 valence electrons. The van der Waals surface area contributed by atoms with Crippen molar-refractivity contribution in [3.63, 3.8) is 0 Å². The van der Waals surface area contributed by atoms with E-state index in [0.29, 0.717) is 23.4 Å². The molecule has 3 heterocycles. The van der Waals surface area contributed by atoms with Crippen LogP contribution in [0.2, 0.25) is 0 Å². The third kappa shape index (κ3) is 4.22. The van der Waals surface area contributed by atoms with Crippen LogP contribution in [-0.4, -0.2) is 51.9 Å². The van der Waals surface area contributed by atoms with Crippen molar-refractivity contribution in [3.8, 4) is 5.75 Å². The Hall–Kier alpha value is -2.61. The zero-order valence-electron chi connectivity index (χ0n) is 16.8. The van der Waals surface area contributed by atoms with E-state index in [1.807, 2.05) is 23.2 Å². The largest absolute Gasteiger partial charge is 0.496 e. The third-order valence-electron chi connectivity index (χ3n) is 5.38. The smallest absolute Gasteiger partial charge is 0.277 e. The highest BCUT2D eigenvalue weighted by Crippen LogP contribution is 2.32. The number of aryl methyl sites for hydroxylation is 2. The van der Waals surface area contributed by atoms with Crippen molar-refractivity contribution >= 4 is 28.4 Å². The molecule has 7 nitrogen and oxygen atoms in total. The molecule has 29 heavy (non-hydrogen) atoms. The summed E-state index contributed by atoms with van der Waals surface area (Å²) in [4.78, 5) is 19.3. The van der Waals surface area contributed by atoms with Gasteiger partial charge in [-0.25, -0.2) is 0 Å². The molecule has 4 rings (SSSR count). The van der Waals surface area contributed by atoms with Crippen LogP contribution >= 0.6 is 11.8 Å². The normalized spacial score (nSPS) is 16.9. The molecular formula is C21H24N4O3S. The van der Waals surface area contributed by atoms with Crippen molar-refractivity contribution in [1.29, 1.82) is 0 Å². The second-order valence-corrected chi connectivity index (χ2v) is 8.20. The first-order valence-electron chi connectivity index (χ1n) is 9.69. The molecule has 0 radical (unpaired) electrons. The molecule has 0 aliphatic carbocycles. The van der Waals surface area contributed by atoms with Gasteiger partial charge >= 0.3 is 0 Å². The number of carbonyl (C=O) groups is 1. The summed E-state index contributed by atoms with van der Waals surface area (Å²) < 4.78 is 10.8. The molecule has 1 aromatic carbocycles. The van der Waals surface area contributed by atoms with Crippen molar-refractivity contribution in [1.82, 2.24) is 20.1 Å². The molecule has 1 unspecified atom stereocenters. The van der Waals surface area contributed by atoms with Crippen molar-refractivity contribution in [3.05, 3.63) is 41.5 Å². The molecule has 0 bridgehead atoms. The highest BCUT2D eigenvalue weighted by Gasteiger charge is 2.26. The van der Waals surface area contributed by atoms with Gasteiger partial charge in [-0.1, -0.05) is 11.8 Å². The Morgan fingerprint density at radius 1 is 1.34 bits per heavy atom. The van der Waals surface area contributed by atoms with E-state index in [1.165, 1.54) is 11.8 Å². The summed E-state index contributed by atoms with van der Waals surface area (Å²) in [6.45, 7) is 5.27. The number of hydrogen-bond acceptors (Lipinski definition) is 7. The van der Waals surface area contributed by atoms with Crippen molar-refractivity contribution in [2.24, 2.45) is 0 Å². The van der Waals surface area contributed by atoms with Crippen LogP contribution in [0.3, 0.4) is 0 Å². The maximum Gasteiger partial charge on any atom is 0.277 e. The van der Waals surface area contributed by atoms with Gasteiger partial charge in [0.1, 0.15) is 5.75 Å². The lowest BCUT2D eigenvalue weighted by Gasteiger charge is -2.32. The highest BCUT2D eigenvalue weighted by atomic mass is 32.2. The summed E-state index contributed by atoms with van der Waals surface area (Å²) in [5.41, 5.74) is 2.15. The first-order valence-corrected chi connectivity index (χ1v) is 10.7. The van der Waals surface area contributed by atoms with Crippen molar-refractivity contribution in [2.75, 3.05) is 26.0 Å². The van der Waals surface area contributed by atoms with E-state index in [9.17, 15) is 4.79 Å². The second-order valence-electron chi connectivity index (χ2n) is 7.28. The molecule has 1 atom stereocenters. The average molecular weight is 413 g/mol. The lowest BCUT2D eigenvalue weighted by molar-refractivity contribution is -0.129. The number of likely N-dealkylation sites (tertiary alicyclic amines) is 1. The Kier molecular flexibility index (Phi) is 5.71. The fourth-order valence-electron chi connectivity index (χ4n) is 3.80. The molecule has 3 aromatic rings. The summed E-state index contributed by atoms with van der Waals surface area (Å²) in [5, 5.41) is 10.4. The first kappa shape index (κ1) is 19.7. The van der Waals surface area contributed by atoms with Gasteiger partial charge in [0, 0.05) is 43.2 Å². The van der Waals surface area contributed by atoms with Gasteiger partial charge in [0.2, 0.25) is 11.8 Å². The van der Waals surface area contributed by atoms with Crippen LogP contribution in [0.4, 0.5) is 0 Å². The maximum atomic E-state index is 12.7. The highest BCUT2D eigenvalue weighted by molar-refractivity contribution is 7.99. The number of nitrogens with zero attached hydrogens (tertiary/aromatic N) is 4. The number of piperidine rings is 1. The van der Waals surface area contributed by atoms with Crippen LogP contribution in [0, 0.1) is 13.8 Å². The molecule has 0 N–H and O–H groups in total. The number of methoxy groups -OCH3 is 1. The molecule has 8 heteroatoms. The molecule has 2 aromatic heterocycles. The SMILES string of the molecule is COc1ccc2cnc(C3CCCN(C(=O)CSc4nnc(C)o4)C3)cc2c1C. The van der Waals surface area contributed by atoms with E-state index in [0.717, 1.165) is 47.2 Å². The summed E-state index contributed by atoms with van der Waals surface area (Å²) in [6, 6.07) is 6.16. The third-order valence-corrected chi connectivity index (χ3v) is 6.19. The van der Waals surface area contributed by atoms with Gasteiger partial charge in [-0.15, -0.1) is 10.2 Å². The Morgan fingerprint density at radius 2 is 2.21 bits per heavy atom. The number of rotatable bonds is 5. The van der Waals surface area contributed by atoms with Crippen LogP contribution in [0.5, 0.6) is 5.75 Å². The van der Waals surface area contributed by atoms with Gasteiger partial charge in [-0.05, 0) is 48.9 Å². The number of pyridine rings is 1. The number of ether oxygens (including phenoxy) is 1. The van der Waals surface area contributed by atoms with E-state index in [4.69, 9.17) is 14.1 Å². The lowest BCUT2D eigenvalue weighted by Crippen LogP contribution is -2.40. The molecule has 1 amide bonds. The van der Waals surface area contributed by atoms with Gasteiger partial charge in [0.05, 0.1) is 12.9 Å². The summed E-state index contributed by atoms with van der Waals surface area (Å²) in [6.07, 6.45) is 3.92. The zero-order chi connectivity index (χ0) is 20.4. The average Bonchev–Trinajstić information content (AvgIpc) is 3.17. The molecule has 1 fully saturated rings. The number of hydrogen-bond donors (Lipinski definition) is 0. The van der Waals surface area contributed by atoms with Crippen LogP contribution in [0.25, 0.3) is 10.8 Å². The van der Waals surface area contributed by atoms with E-state index >= 15 is 0 Å². The van der Waals surface area contributed by atoms with Crippen molar-refractivity contribution in [2.45, 2.75) is 37.8 Å². The Labute approximate surface area is 173 Å². The van der Waals surface area contributed by atoms with E-state index in [2.05, 4.69) is 23.2 Å². The predicted molar refractivity (Wildman–Crippen MR) is 111 cm³/mol. The van der Waals surface area contributed by atoms with E-state index < -0.39 is 0 Å². The number of fused-ring (bicyclic) bond motifs is 1. The van der Waals surface area contributed by atoms with Gasteiger partial charge in [-0.3, -0.25) is 9.78 Å². The Bertz CT molecular complexity index is 1040. The van der Waals surface area contributed by atoms with Gasteiger partial charge in [0.25, 0.3) is 5.22 Å². The minimum atomic E-state index is 0.0918. The molecule has 0 saturated carbocycles. The summed E-state index contributed by atoms with van der Waals surface area (Å²) >= 11 is 1.29. The Morgan fingerprint density at radius 3 is 2.97 bits per heavy atom. The van der Waals surface area contributed by atoms with Gasteiger partial charge in [0.15, 0.2) is 0 Å². The van der Waals surface area contributed by atoms with Crippen LogP contribution in [0.1, 0.15) is 35.9 Å². The quantitative estimate of drug-likeness (QED) is 0.591. The standard InChI is InChI=1S/C21H24N4O3S/c1-13-17-9-18(22-10-15(17)6-7-19(13)27-3)16-5-4-8-25(11-16)20(26)12-29-21-24-23-14(2)28-21/h6-7,9-10,16H,4-5,8,11-12H2,1-3H3. The monoisotopic (exact) mass is 412 g/mol. The van der Waals surface area contributed by atoms with Crippen LogP contribution in [0.15, 0.2) is 34.0 Å². The number of carbonyl (C=O) groups excluding carboxylic acids is 1.